The van der Waals surface area contributed by atoms with Crippen LogP contribution in [0.4, 0.5) is 5.69 Å². The number of nitrogens with two attached hydrogens (primary N) is 1. The monoisotopic (exact) mass is 304 g/mol. The van der Waals surface area contributed by atoms with Gasteiger partial charge in [-0.3, -0.25) is 0 Å². The van der Waals surface area contributed by atoms with E-state index in [9.17, 15) is 0 Å². The fourth-order valence-corrected chi connectivity index (χ4v) is 3.18. The van der Waals surface area contributed by atoms with Gasteiger partial charge in [-0.25, -0.2) is 0 Å². The van der Waals surface area contributed by atoms with E-state index < -0.39 is 0 Å². The van der Waals surface area contributed by atoms with Gasteiger partial charge in [0.1, 0.15) is 4.99 Å². The molecule has 1 aromatic carbocycles. The second kappa shape index (κ2) is 6.37. The third kappa shape index (κ3) is 3.38. The van der Waals surface area contributed by atoms with Gasteiger partial charge in [-0.15, -0.1) is 11.3 Å². The Balaban J connectivity index is 2.30. The molecular weight excluding hydrogens is 284 g/mol. The van der Waals surface area contributed by atoms with E-state index in [2.05, 4.69) is 55.3 Å². The van der Waals surface area contributed by atoms with Gasteiger partial charge in [-0.1, -0.05) is 18.3 Å². The summed E-state index contributed by atoms with van der Waals surface area (Å²) in [4.78, 5) is 4.22. The van der Waals surface area contributed by atoms with Crippen molar-refractivity contribution < 1.29 is 0 Å². The second-order valence-corrected chi connectivity index (χ2v) is 6.64. The number of thiocarbonyl (C=S) groups is 1. The summed E-state index contributed by atoms with van der Waals surface area (Å²) in [6.45, 7) is 7.41. The van der Waals surface area contributed by atoms with E-state index in [0.717, 1.165) is 17.7 Å². The first-order valence-electron chi connectivity index (χ1n) is 6.68. The van der Waals surface area contributed by atoms with Crippen LogP contribution in [-0.2, 0) is 6.54 Å². The van der Waals surface area contributed by atoms with Crippen LogP contribution in [0.5, 0.6) is 0 Å². The van der Waals surface area contributed by atoms with E-state index in [1.54, 1.807) is 11.3 Å². The molecule has 0 unspecified atom stereocenters. The topological polar surface area (TPSA) is 29.3 Å². The zero-order chi connectivity index (χ0) is 14.7. The van der Waals surface area contributed by atoms with Crippen LogP contribution in [0.2, 0.25) is 0 Å². The number of rotatable bonds is 5. The third-order valence-electron chi connectivity index (χ3n) is 3.34. The summed E-state index contributed by atoms with van der Waals surface area (Å²) in [5.74, 6) is 0. The molecule has 2 N–H and O–H groups in total. The number of benzene rings is 1. The highest BCUT2D eigenvalue weighted by molar-refractivity contribution is 7.80. The van der Waals surface area contributed by atoms with E-state index in [1.165, 1.54) is 10.6 Å². The highest BCUT2D eigenvalue weighted by Gasteiger charge is 2.13. The molecule has 0 fully saturated rings. The number of hydrogen-bond acceptors (Lipinski definition) is 3. The van der Waals surface area contributed by atoms with Gasteiger partial charge in [-0.05, 0) is 56.0 Å². The summed E-state index contributed by atoms with van der Waals surface area (Å²) >= 11 is 6.86. The number of aryl methyl sites for hydroxylation is 1. The van der Waals surface area contributed by atoms with Crippen molar-refractivity contribution in [2.24, 2.45) is 5.73 Å². The molecule has 20 heavy (non-hydrogen) atoms. The predicted octanol–water partition coefficient (Wildman–Crippen LogP) is 4.11. The van der Waals surface area contributed by atoms with Crippen molar-refractivity contribution in [2.45, 2.75) is 33.4 Å². The Kier molecular flexibility index (Phi) is 4.78. The second-order valence-electron chi connectivity index (χ2n) is 5.16. The van der Waals surface area contributed by atoms with Crippen molar-refractivity contribution in [1.29, 1.82) is 0 Å². The van der Waals surface area contributed by atoms with Gasteiger partial charge in [0.15, 0.2) is 0 Å². The lowest BCUT2D eigenvalue weighted by Crippen LogP contribution is -2.30. The molecule has 2 aromatic rings. The van der Waals surface area contributed by atoms with Gasteiger partial charge in [-0.2, -0.15) is 0 Å². The molecule has 0 saturated carbocycles. The van der Waals surface area contributed by atoms with Crippen LogP contribution in [-0.4, -0.2) is 11.0 Å². The van der Waals surface area contributed by atoms with E-state index in [4.69, 9.17) is 18.0 Å². The first kappa shape index (κ1) is 15.0. The quantitative estimate of drug-likeness (QED) is 0.843. The fraction of sp³-hybridized carbons (Fsp3) is 0.312. The lowest BCUT2D eigenvalue weighted by molar-refractivity contribution is 0.687. The summed E-state index contributed by atoms with van der Waals surface area (Å²) in [5, 5.41) is 2.12. The van der Waals surface area contributed by atoms with E-state index in [-0.39, 0.29) is 0 Å². The summed E-state index contributed by atoms with van der Waals surface area (Å²) < 4.78 is 0. The molecule has 1 aromatic heterocycles. The summed E-state index contributed by atoms with van der Waals surface area (Å²) in [6.07, 6.45) is 0. The van der Waals surface area contributed by atoms with Gasteiger partial charge in [0.05, 0.1) is 6.54 Å². The maximum absolute atomic E-state index is 5.73. The Labute approximate surface area is 130 Å². The van der Waals surface area contributed by atoms with Crippen LogP contribution in [0.1, 0.15) is 29.9 Å². The van der Waals surface area contributed by atoms with Gasteiger partial charge >= 0.3 is 0 Å². The molecule has 0 atom stereocenters. The van der Waals surface area contributed by atoms with Crippen molar-refractivity contribution in [3.05, 3.63) is 51.7 Å². The third-order valence-corrected chi connectivity index (χ3v) is 4.42. The average Bonchev–Trinajstić information content (AvgIpc) is 2.87. The molecule has 0 aliphatic rings. The molecule has 0 aliphatic carbocycles. The Morgan fingerprint density at radius 3 is 2.60 bits per heavy atom. The zero-order valence-corrected chi connectivity index (χ0v) is 13.7. The van der Waals surface area contributed by atoms with Crippen LogP contribution in [0.15, 0.2) is 35.7 Å². The number of hydrogen-bond donors (Lipinski definition) is 1. The van der Waals surface area contributed by atoms with Crippen molar-refractivity contribution in [3.63, 3.8) is 0 Å². The molecule has 1 heterocycles. The summed E-state index contributed by atoms with van der Waals surface area (Å²) in [7, 11) is 0. The van der Waals surface area contributed by atoms with E-state index >= 15 is 0 Å². The molecule has 2 nitrogen and oxygen atoms in total. The smallest absolute Gasteiger partial charge is 0.104 e. The van der Waals surface area contributed by atoms with Crippen LogP contribution < -0.4 is 10.6 Å². The number of thiophene rings is 1. The molecule has 0 amide bonds. The molecule has 0 saturated heterocycles. The lowest BCUT2D eigenvalue weighted by atomic mass is 10.1. The van der Waals surface area contributed by atoms with Gasteiger partial charge < -0.3 is 10.6 Å². The van der Waals surface area contributed by atoms with E-state index in [0.29, 0.717) is 11.0 Å². The minimum Gasteiger partial charge on any atom is -0.389 e. The maximum Gasteiger partial charge on any atom is 0.104 e. The van der Waals surface area contributed by atoms with Gasteiger partial charge in [0.2, 0.25) is 0 Å². The normalized spacial score (nSPS) is 10.8. The first-order chi connectivity index (χ1) is 9.49. The molecule has 0 bridgehead atoms. The summed E-state index contributed by atoms with van der Waals surface area (Å²) in [6, 6.07) is 11.0. The lowest BCUT2D eigenvalue weighted by Gasteiger charge is -2.29. The number of nitrogens with zero attached hydrogens (tertiary/aromatic N) is 1. The standard InChI is InChI=1S/C16H20N2S2/c1-11(2)18(10-14-5-4-8-20-14)13-6-7-15(16(17)19)12(3)9-13/h4-9,11H,10H2,1-3H3,(H2,17,19). The van der Waals surface area contributed by atoms with Crippen molar-refractivity contribution >= 4 is 34.2 Å². The zero-order valence-electron chi connectivity index (χ0n) is 12.1. The maximum atomic E-state index is 5.73. The Bertz CT molecular complexity index is 589. The van der Waals surface area contributed by atoms with Gasteiger partial charge in [0.25, 0.3) is 0 Å². The van der Waals surface area contributed by atoms with Crippen molar-refractivity contribution in [1.82, 2.24) is 0 Å². The minimum atomic E-state index is 0.437. The number of anilines is 1. The first-order valence-corrected chi connectivity index (χ1v) is 7.97. The fourth-order valence-electron chi connectivity index (χ4n) is 2.25. The highest BCUT2D eigenvalue weighted by Crippen LogP contribution is 2.24. The predicted molar refractivity (Wildman–Crippen MR) is 92.7 cm³/mol. The largest absolute Gasteiger partial charge is 0.389 e. The minimum absolute atomic E-state index is 0.437. The molecule has 0 aliphatic heterocycles. The highest BCUT2D eigenvalue weighted by atomic mass is 32.1. The molecule has 0 radical (unpaired) electrons. The molecule has 2 rings (SSSR count). The Morgan fingerprint density at radius 2 is 2.10 bits per heavy atom. The SMILES string of the molecule is Cc1cc(N(Cc2cccs2)C(C)C)ccc1C(N)=S. The van der Waals surface area contributed by atoms with Gasteiger partial charge in [0, 0.05) is 22.2 Å². The molecular formula is C16H20N2S2. The Hall–Kier alpha value is -1.39. The molecule has 4 heteroatoms. The van der Waals surface area contributed by atoms with Crippen molar-refractivity contribution in [2.75, 3.05) is 4.90 Å². The van der Waals surface area contributed by atoms with Crippen LogP contribution in [0.25, 0.3) is 0 Å². The van der Waals surface area contributed by atoms with Crippen LogP contribution >= 0.6 is 23.6 Å². The van der Waals surface area contributed by atoms with Crippen molar-refractivity contribution in [3.8, 4) is 0 Å². The molecule has 106 valence electrons. The molecule has 0 spiro atoms. The van der Waals surface area contributed by atoms with Crippen LogP contribution in [0.3, 0.4) is 0 Å². The Morgan fingerprint density at radius 1 is 1.35 bits per heavy atom. The average molecular weight is 304 g/mol. The van der Waals surface area contributed by atoms with E-state index in [1.807, 2.05) is 6.07 Å². The summed E-state index contributed by atoms with van der Waals surface area (Å²) in [5.41, 5.74) is 9.04. The van der Waals surface area contributed by atoms with Crippen LogP contribution in [0, 0.1) is 6.92 Å².